The third kappa shape index (κ3) is 3.08. The van der Waals surface area contributed by atoms with Crippen LogP contribution in [-0.2, 0) is 10.0 Å². The van der Waals surface area contributed by atoms with E-state index in [9.17, 15) is 8.42 Å². The molecule has 106 valence electrons. The van der Waals surface area contributed by atoms with Crippen LogP contribution in [0.1, 0.15) is 26.7 Å². The fourth-order valence-corrected chi connectivity index (χ4v) is 3.95. The molecule has 0 unspecified atom stereocenters. The van der Waals surface area contributed by atoms with E-state index in [1.165, 1.54) is 0 Å². The predicted molar refractivity (Wildman–Crippen MR) is 76.0 cm³/mol. The number of hydrogen-bond donors (Lipinski definition) is 2. The van der Waals surface area contributed by atoms with Gasteiger partial charge in [0, 0.05) is 12.6 Å². The van der Waals surface area contributed by atoms with Gasteiger partial charge < -0.3 is 5.43 Å². The van der Waals surface area contributed by atoms with Crippen LogP contribution in [-0.4, -0.2) is 25.3 Å². The number of anilines is 1. The second-order valence-electron chi connectivity index (χ2n) is 5.25. The fourth-order valence-electron chi connectivity index (χ4n) is 2.08. The van der Waals surface area contributed by atoms with Gasteiger partial charge in [0.1, 0.15) is 4.90 Å². The highest BCUT2D eigenvalue weighted by Gasteiger charge is 2.34. The van der Waals surface area contributed by atoms with Crippen molar-refractivity contribution in [1.29, 1.82) is 0 Å². The van der Waals surface area contributed by atoms with Crippen LogP contribution in [0.5, 0.6) is 0 Å². The maximum absolute atomic E-state index is 12.7. The van der Waals surface area contributed by atoms with Gasteiger partial charge in [-0.3, -0.25) is 5.84 Å². The van der Waals surface area contributed by atoms with Crippen LogP contribution in [0, 0.1) is 5.92 Å². The van der Waals surface area contributed by atoms with Crippen LogP contribution in [0.15, 0.2) is 29.2 Å². The average Bonchev–Trinajstić information content (AvgIpc) is 3.19. The minimum Gasteiger partial charge on any atom is -0.323 e. The van der Waals surface area contributed by atoms with Crippen molar-refractivity contribution >= 4 is 15.7 Å². The van der Waals surface area contributed by atoms with Crippen molar-refractivity contribution in [2.45, 2.75) is 37.6 Å². The Morgan fingerprint density at radius 3 is 2.53 bits per heavy atom. The molecular weight excluding hydrogens is 262 g/mol. The first-order valence-corrected chi connectivity index (χ1v) is 7.98. The minimum absolute atomic E-state index is 0.0589. The van der Waals surface area contributed by atoms with Crippen molar-refractivity contribution in [1.82, 2.24) is 4.31 Å². The Balaban J connectivity index is 2.37. The standard InChI is InChI=1S/C13H21N3O2S/c1-10(2)16(9-11-7-8-11)19(17,18)13-6-4-3-5-12(13)15-14/h3-6,10-11,15H,7-9,14H2,1-2H3. The quantitative estimate of drug-likeness (QED) is 0.616. The van der Waals surface area contributed by atoms with E-state index in [0.717, 1.165) is 12.8 Å². The first-order valence-electron chi connectivity index (χ1n) is 6.54. The number of nitrogens with one attached hydrogen (secondary N) is 1. The van der Waals surface area contributed by atoms with E-state index >= 15 is 0 Å². The molecule has 1 aromatic rings. The lowest BCUT2D eigenvalue weighted by Crippen LogP contribution is -2.38. The Hall–Kier alpha value is -1.11. The predicted octanol–water partition coefficient (Wildman–Crippen LogP) is 1.78. The van der Waals surface area contributed by atoms with Crippen LogP contribution in [0.3, 0.4) is 0 Å². The van der Waals surface area contributed by atoms with Gasteiger partial charge in [-0.2, -0.15) is 4.31 Å². The zero-order valence-corrected chi connectivity index (χ0v) is 12.2. The summed E-state index contributed by atoms with van der Waals surface area (Å²) >= 11 is 0. The summed E-state index contributed by atoms with van der Waals surface area (Å²) in [5.74, 6) is 5.91. The van der Waals surface area contributed by atoms with Crippen molar-refractivity contribution in [3.63, 3.8) is 0 Å². The highest BCUT2D eigenvalue weighted by atomic mass is 32.2. The Morgan fingerprint density at radius 1 is 1.37 bits per heavy atom. The summed E-state index contributed by atoms with van der Waals surface area (Å²) < 4.78 is 27.1. The molecule has 0 aliphatic heterocycles. The summed E-state index contributed by atoms with van der Waals surface area (Å²) in [6.45, 7) is 4.40. The average molecular weight is 283 g/mol. The Kier molecular flexibility index (Phi) is 4.13. The SMILES string of the molecule is CC(C)N(CC1CC1)S(=O)(=O)c1ccccc1NN. The number of nitrogens with two attached hydrogens (primary N) is 1. The van der Waals surface area contributed by atoms with Crippen LogP contribution in [0.25, 0.3) is 0 Å². The van der Waals surface area contributed by atoms with E-state index in [2.05, 4.69) is 5.43 Å². The van der Waals surface area contributed by atoms with Gasteiger partial charge in [0.05, 0.1) is 5.69 Å². The molecule has 6 heteroatoms. The van der Waals surface area contributed by atoms with Crippen LogP contribution < -0.4 is 11.3 Å². The smallest absolute Gasteiger partial charge is 0.245 e. The zero-order chi connectivity index (χ0) is 14.0. The molecule has 0 bridgehead atoms. The molecule has 0 spiro atoms. The third-order valence-corrected chi connectivity index (χ3v) is 5.44. The number of nitrogen functional groups attached to an aromatic ring is 1. The molecule has 1 aliphatic carbocycles. The highest BCUT2D eigenvalue weighted by molar-refractivity contribution is 7.89. The van der Waals surface area contributed by atoms with Gasteiger partial charge in [-0.25, -0.2) is 8.42 Å². The Bertz CT molecular complexity index is 539. The maximum Gasteiger partial charge on any atom is 0.245 e. The van der Waals surface area contributed by atoms with Gasteiger partial charge >= 0.3 is 0 Å². The molecule has 1 fully saturated rings. The molecule has 1 aromatic carbocycles. The zero-order valence-electron chi connectivity index (χ0n) is 11.3. The van der Waals surface area contributed by atoms with Gasteiger partial charge in [0.25, 0.3) is 0 Å². The van der Waals surface area contributed by atoms with Gasteiger partial charge in [-0.15, -0.1) is 0 Å². The fraction of sp³-hybridized carbons (Fsp3) is 0.538. The van der Waals surface area contributed by atoms with Crippen molar-refractivity contribution in [3.8, 4) is 0 Å². The van der Waals surface area contributed by atoms with Crippen LogP contribution in [0.2, 0.25) is 0 Å². The van der Waals surface area contributed by atoms with Crippen molar-refractivity contribution < 1.29 is 8.42 Å². The maximum atomic E-state index is 12.7. The normalized spacial score (nSPS) is 16.1. The number of para-hydroxylation sites is 1. The topological polar surface area (TPSA) is 75.4 Å². The number of hydrazine groups is 1. The minimum atomic E-state index is -3.51. The number of hydrogen-bond acceptors (Lipinski definition) is 4. The molecule has 0 atom stereocenters. The van der Waals surface area contributed by atoms with E-state index < -0.39 is 10.0 Å². The lowest BCUT2D eigenvalue weighted by atomic mass is 10.3. The highest BCUT2D eigenvalue weighted by Crippen LogP contribution is 2.33. The van der Waals surface area contributed by atoms with Crippen molar-refractivity contribution in [2.24, 2.45) is 11.8 Å². The summed E-state index contributed by atoms with van der Waals surface area (Å²) in [5.41, 5.74) is 2.89. The second-order valence-corrected chi connectivity index (χ2v) is 7.11. The molecule has 19 heavy (non-hydrogen) atoms. The van der Waals surface area contributed by atoms with Gasteiger partial charge in [0.15, 0.2) is 0 Å². The van der Waals surface area contributed by atoms with Gasteiger partial charge in [-0.05, 0) is 44.7 Å². The lowest BCUT2D eigenvalue weighted by Gasteiger charge is -2.26. The monoisotopic (exact) mass is 283 g/mol. The first kappa shape index (κ1) is 14.3. The van der Waals surface area contributed by atoms with Gasteiger partial charge in [-0.1, -0.05) is 12.1 Å². The van der Waals surface area contributed by atoms with E-state index in [1.54, 1.807) is 28.6 Å². The molecular formula is C13H21N3O2S. The lowest BCUT2D eigenvalue weighted by molar-refractivity contribution is 0.342. The number of benzene rings is 1. The van der Waals surface area contributed by atoms with Crippen LogP contribution >= 0.6 is 0 Å². The molecule has 0 saturated heterocycles. The summed E-state index contributed by atoms with van der Waals surface area (Å²) in [6.07, 6.45) is 2.24. The Morgan fingerprint density at radius 2 is 2.00 bits per heavy atom. The molecule has 3 N–H and O–H groups in total. The molecule has 2 rings (SSSR count). The van der Waals surface area contributed by atoms with Crippen LogP contribution in [0.4, 0.5) is 5.69 Å². The molecule has 0 heterocycles. The van der Waals surface area contributed by atoms with E-state index in [-0.39, 0.29) is 10.9 Å². The second kappa shape index (κ2) is 5.48. The van der Waals surface area contributed by atoms with Crippen molar-refractivity contribution in [2.75, 3.05) is 12.0 Å². The number of rotatable bonds is 6. The van der Waals surface area contributed by atoms with E-state index in [0.29, 0.717) is 18.2 Å². The summed E-state index contributed by atoms with van der Waals surface area (Å²) in [4.78, 5) is 0.242. The first-order chi connectivity index (χ1) is 8.96. The van der Waals surface area contributed by atoms with E-state index in [4.69, 9.17) is 5.84 Å². The van der Waals surface area contributed by atoms with E-state index in [1.807, 2.05) is 13.8 Å². The van der Waals surface area contributed by atoms with Gasteiger partial charge in [0.2, 0.25) is 10.0 Å². The van der Waals surface area contributed by atoms with Crippen molar-refractivity contribution in [3.05, 3.63) is 24.3 Å². The molecule has 0 radical (unpaired) electrons. The third-order valence-electron chi connectivity index (χ3n) is 3.34. The largest absolute Gasteiger partial charge is 0.323 e. The molecule has 1 saturated carbocycles. The Labute approximate surface area is 114 Å². The summed E-state index contributed by atoms with van der Waals surface area (Å²) in [6, 6.07) is 6.67. The number of nitrogens with zero attached hydrogens (tertiary/aromatic N) is 1. The number of sulfonamides is 1. The molecule has 1 aliphatic rings. The molecule has 0 aromatic heterocycles. The summed E-state index contributed by atoms with van der Waals surface area (Å²) in [5, 5.41) is 0. The molecule has 0 amide bonds. The summed E-state index contributed by atoms with van der Waals surface area (Å²) in [7, 11) is -3.51. The molecule has 5 nitrogen and oxygen atoms in total.